The maximum absolute atomic E-state index is 12.3. The Bertz CT molecular complexity index is 721. The molecule has 7 nitrogen and oxygen atoms in total. The van der Waals surface area contributed by atoms with Gasteiger partial charge in [0.25, 0.3) is 21.8 Å². The van der Waals surface area contributed by atoms with E-state index in [4.69, 9.17) is 0 Å². The highest BCUT2D eigenvalue weighted by molar-refractivity contribution is 7.90. The van der Waals surface area contributed by atoms with Gasteiger partial charge in [-0.05, 0) is 39.1 Å². The van der Waals surface area contributed by atoms with Crippen molar-refractivity contribution in [1.29, 1.82) is 0 Å². The number of fused-ring (bicyclic) bond motifs is 1. The fourth-order valence-electron chi connectivity index (χ4n) is 2.18. The fourth-order valence-corrected chi connectivity index (χ4v) is 3.78. The van der Waals surface area contributed by atoms with Crippen molar-refractivity contribution < 1.29 is 18.0 Å². The van der Waals surface area contributed by atoms with E-state index in [1.807, 2.05) is 6.92 Å². The lowest BCUT2D eigenvalue weighted by atomic mass is 10.1. The lowest BCUT2D eigenvalue weighted by molar-refractivity contribution is 0.0874. The lowest BCUT2D eigenvalue weighted by Crippen LogP contribution is -2.37. The summed E-state index contributed by atoms with van der Waals surface area (Å²) in [4.78, 5) is 24.0. The molecule has 0 bridgehead atoms. The number of hydrogen-bond donors (Lipinski definition) is 2. The molecule has 0 saturated heterocycles. The average molecular weight is 362 g/mol. The summed E-state index contributed by atoms with van der Waals surface area (Å²) in [5, 5.41) is 5.69. The van der Waals surface area contributed by atoms with Crippen LogP contribution in [0, 0.1) is 0 Å². The molecule has 1 aromatic rings. The van der Waals surface area contributed by atoms with Crippen LogP contribution in [0.4, 0.5) is 0 Å². The van der Waals surface area contributed by atoms with Crippen LogP contribution in [0.25, 0.3) is 0 Å². The summed E-state index contributed by atoms with van der Waals surface area (Å²) in [7, 11) is -2.06. The second kappa shape index (κ2) is 7.29. The third kappa shape index (κ3) is 3.49. The molecule has 0 fully saturated rings. The maximum atomic E-state index is 12.3. The highest BCUT2D eigenvalue weighted by Gasteiger charge is 2.40. The minimum absolute atomic E-state index is 0. The van der Waals surface area contributed by atoms with E-state index in [-0.39, 0.29) is 46.9 Å². The Labute approximate surface area is 141 Å². The summed E-state index contributed by atoms with van der Waals surface area (Å²) in [6, 6.07) is 4.21. The largest absolute Gasteiger partial charge is 0.350 e. The maximum Gasteiger partial charge on any atom is 0.268 e. The van der Waals surface area contributed by atoms with Crippen LogP contribution >= 0.6 is 12.4 Å². The van der Waals surface area contributed by atoms with Crippen LogP contribution < -0.4 is 10.6 Å². The van der Waals surface area contributed by atoms with Crippen molar-refractivity contribution in [2.24, 2.45) is 0 Å². The van der Waals surface area contributed by atoms with E-state index in [2.05, 4.69) is 10.6 Å². The lowest BCUT2D eigenvalue weighted by Gasteiger charge is -2.12. The van der Waals surface area contributed by atoms with Gasteiger partial charge in [0.1, 0.15) is 4.90 Å². The van der Waals surface area contributed by atoms with Gasteiger partial charge in [-0.2, -0.15) is 0 Å². The van der Waals surface area contributed by atoms with Crippen LogP contribution in [0.15, 0.2) is 23.1 Å². The van der Waals surface area contributed by atoms with Gasteiger partial charge in [0.15, 0.2) is 0 Å². The average Bonchev–Trinajstić information content (AvgIpc) is 2.70. The number of nitrogens with zero attached hydrogens (tertiary/aromatic N) is 1. The minimum Gasteiger partial charge on any atom is -0.350 e. The second-order valence-corrected chi connectivity index (χ2v) is 6.92. The molecule has 0 saturated carbocycles. The molecule has 0 radical (unpaired) electrons. The van der Waals surface area contributed by atoms with Gasteiger partial charge in [-0.3, -0.25) is 9.59 Å². The molecule has 128 valence electrons. The molecule has 1 aromatic carbocycles. The van der Waals surface area contributed by atoms with Crippen molar-refractivity contribution >= 4 is 34.2 Å². The highest BCUT2D eigenvalue weighted by atomic mass is 35.5. The molecular formula is C14H20ClN3O4S. The molecule has 2 rings (SSSR count). The summed E-state index contributed by atoms with van der Waals surface area (Å²) in [5.74, 6) is -0.921. The molecular weight excluding hydrogens is 342 g/mol. The topological polar surface area (TPSA) is 95.6 Å². The molecule has 1 aliphatic heterocycles. The van der Waals surface area contributed by atoms with Crippen LogP contribution in [0.5, 0.6) is 0 Å². The van der Waals surface area contributed by atoms with E-state index in [1.54, 1.807) is 14.0 Å². The van der Waals surface area contributed by atoms with Crippen LogP contribution in [0.3, 0.4) is 0 Å². The van der Waals surface area contributed by atoms with Crippen LogP contribution in [0.1, 0.15) is 34.6 Å². The fraction of sp³-hybridized carbons (Fsp3) is 0.429. The van der Waals surface area contributed by atoms with Gasteiger partial charge >= 0.3 is 0 Å². The van der Waals surface area contributed by atoms with E-state index in [0.717, 1.165) is 4.31 Å². The van der Waals surface area contributed by atoms with Crippen LogP contribution in [-0.4, -0.2) is 50.7 Å². The Morgan fingerprint density at radius 2 is 2.00 bits per heavy atom. The van der Waals surface area contributed by atoms with Crippen LogP contribution in [-0.2, 0) is 10.0 Å². The minimum atomic E-state index is -3.85. The first-order chi connectivity index (χ1) is 10.3. The highest BCUT2D eigenvalue weighted by Crippen LogP contribution is 2.30. The quantitative estimate of drug-likeness (QED) is 0.801. The molecule has 0 aromatic heterocycles. The Hall–Kier alpha value is -1.64. The second-order valence-electron chi connectivity index (χ2n) is 5.09. The number of nitrogens with one attached hydrogen (secondary N) is 2. The first kappa shape index (κ1) is 19.4. The van der Waals surface area contributed by atoms with Crippen molar-refractivity contribution in [2.45, 2.75) is 24.8 Å². The van der Waals surface area contributed by atoms with Gasteiger partial charge < -0.3 is 10.6 Å². The number of benzene rings is 1. The Kier molecular flexibility index (Phi) is 6.15. The zero-order valence-corrected chi connectivity index (χ0v) is 14.8. The first-order valence-corrected chi connectivity index (χ1v) is 8.43. The molecule has 0 aliphatic carbocycles. The molecule has 2 N–H and O–H groups in total. The number of hydrogen-bond acceptors (Lipinski definition) is 5. The summed E-state index contributed by atoms with van der Waals surface area (Å²) in [6.45, 7) is 3.98. The SMILES string of the molecule is CCN1C(=O)c2ccc(C(=O)NCC(C)NC)cc2S1(=O)=O.Cl. The number of likely N-dealkylation sites (N-methyl/N-ethyl adjacent to an activating group) is 1. The summed E-state index contributed by atoms with van der Waals surface area (Å²) in [6.07, 6.45) is 0. The molecule has 1 heterocycles. The number of carbonyl (C=O) groups is 2. The van der Waals surface area contributed by atoms with Gasteiger partial charge in [0.2, 0.25) is 0 Å². The van der Waals surface area contributed by atoms with Gasteiger partial charge in [0, 0.05) is 24.7 Å². The first-order valence-electron chi connectivity index (χ1n) is 6.99. The molecule has 1 aliphatic rings. The van der Waals surface area contributed by atoms with Crippen LogP contribution in [0.2, 0.25) is 0 Å². The molecule has 0 spiro atoms. The summed E-state index contributed by atoms with van der Waals surface area (Å²) < 4.78 is 25.4. The Balaban J connectivity index is 0.00000264. The van der Waals surface area contributed by atoms with E-state index in [0.29, 0.717) is 6.54 Å². The number of carbonyl (C=O) groups excluding carboxylic acids is 2. The van der Waals surface area contributed by atoms with Gasteiger partial charge in [-0.1, -0.05) is 0 Å². The van der Waals surface area contributed by atoms with Crippen molar-refractivity contribution in [1.82, 2.24) is 14.9 Å². The van der Waals surface area contributed by atoms with Gasteiger partial charge in [0.05, 0.1) is 5.56 Å². The molecule has 1 atom stereocenters. The third-order valence-corrected chi connectivity index (χ3v) is 5.52. The smallest absolute Gasteiger partial charge is 0.268 e. The van der Waals surface area contributed by atoms with Crippen molar-refractivity contribution in [3.8, 4) is 0 Å². The zero-order chi connectivity index (χ0) is 16.5. The normalized spacial score (nSPS) is 16.5. The standard InChI is InChI=1S/C14H19N3O4S.ClH/c1-4-17-14(19)11-6-5-10(7-12(11)22(17,20)21)13(18)16-8-9(2)15-3;/h5-7,9,15H,4,8H2,1-3H3,(H,16,18);1H. The zero-order valence-electron chi connectivity index (χ0n) is 13.1. The molecule has 23 heavy (non-hydrogen) atoms. The number of amides is 2. The molecule has 9 heteroatoms. The van der Waals surface area contributed by atoms with Gasteiger partial charge in [-0.15, -0.1) is 12.4 Å². The summed E-state index contributed by atoms with van der Waals surface area (Å²) >= 11 is 0. The number of rotatable bonds is 5. The Morgan fingerprint density at radius 3 is 2.57 bits per heavy atom. The van der Waals surface area contributed by atoms with E-state index in [1.165, 1.54) is 18.2 Å². The Morgan fingerprint density at radius 1 is 1.35 bits per heavy atom. The molecule has 2 amide bonds. The van der Waals surface area contributed by atoms with Crippen molar-refractivity contribution in [3.05, 3.63) is 29.3 Å². The monoisotopic (exact) mass is 361 g/mol. The number of halogens is 1. The van der Waals surface area contributed by atoms with E-state index >= 15 is 0 Å². The molecule has 1 unspecified atom stereocenters. The van der Waals surface area contributed by atoms with E-state index in [9.17, 15) is 18.0 Å². The predicted octanol–water partition coefficient (Wildman–Crippen LogP) is 0.610. The number of sulfonamides is 1. The van der Waals surface area contributed by atoms with E-state index < -0.39 is 15.9 Å². The van der Waals surface area contributed by atoms with Gasteiger partial charge in [-0.25, -0.2) is 12.7 Å². The third-order valence-electron chi connectivity index (χ3n) is 3.62. The van der Waals surface area contributed by atoms with Crippen molar-refractivity contribution in [3.63, 3.8) is 0 Å². The van der Waals surface area contributed by atoms with Crippen molar-refractivity contribution in [2.75, 3.05) is 20.1 Å². The summed E-state index contributed by atoms with van der Waals surface area (Å²) in [5.41, 5.74) is 0.332. The predicted molar refractivity (Wildman–Crippen MR) is 88.4 cm³/mol.